The van der Waals surface area contributed by atoms with Crippen molar-refractivity contribution in [1.82, 2.24) is 0 Å². The number of aliphatic hydroxyl groups excluding tert-OH is 1. The Morgan fingerprint density at radius 2 is 1.97 bits per heavy atom. The van der Waals surface area contributed by atoms with Crippen molar-refractivity contribution < 1.29 is 30.0 Å². The predicted octanol–water partition coefficient (Wildman–Crippen LogP) is 3.05. The summed E-state index contributed by atoms with van der Waals surface area (Å²) in [5.41, 5.74) is 1.63. The van der Waals surface area contributed by atoms with E-state index >= 15 is 0 Å². The van der Waals surface area contributed by atoms with Crippen LogP contribution in [0.15, 0.2) is 6.07 Å². The molecule has 1 unspecified atom stereocenters. The fourth-order valence-corrected chi connectivity index (χ4v) is 7.04. The maximum Gasteiger partial charge on any atom is 0.327 e. The first-order valence-electron chi connectivity index (χ1n) is 11.0. The zero-order chi connectivity index (χ0) is 22.7. The third kappa shape index (κ3) is 3.30. The van der Waals surface area contributed by atoms with E-state index in [9.17, 15) is 30.0 Å². The molecule has 4 N–H and O–H groups in total. The molecule has 1 amide bonds. The average Bonchev–Trinajstić information content (AvgIpc) is 3.02. The monoisotopic (exact) mass is 449 g/mol. The lowest BCUT2D eigenvalue weighted by atomic mass is 9.55. The number of aliphatic hydroxyl groups is 1. The van der Waals surface area contributed by atoms with Crippen LogP contribution in [0.2, 0.25) is 0 Å². The number of carboxylic acid groups (broad SMARTS) is 1. The molecule has 0 radical (unpaired) electrons. The number of rotatable bonds is 4. The molecule has 6 atom stereocenters. The van der Waals surface area contributed by atoms with E-state index in [1.54, 1.807) is 6.07 Å². The number of fused-ring (bicyclic) bond motifs is 5. The molecule has 0 aromatic heterocycles. The number of anilines is 1. The molecule has 1 aromatic carbocycles. The molecule has 31 heavy (non-hydrogen) atoms. The van der Waals surface area contributed by atoms with Crippen LogP contribution in [-0.4, -0.2) is 50.2 Å². The summed E-state index contributed by atoms with van der Waals surface area (Å²) in [6, 6.07) is 0.336. The second-order valence-corrected chi connectivity index (χ2v) is 10.0. The van der Waals surface area contributed by atoms with Crippen molar-refractivity contribution >= 4 is 30.2 Å². The molecule has 8 heteroatoms. The Hall–Kier alpha value is -1.93. The zero-order valence-corrected chi connectivity index (χ0v) is 18.8. The number of carbonyl (C=O) groups excluding carboxylic acids is 1. The number of amides is 1. The van der Waals surface area contributed by atoms with E-state index in [-0.39, 0.29) is 34.6 Å². The number of carboxylic acids is 1. The summed E-state index contributed by atoms with van der Waals surface area (Å²) in [5, 5.41) is 41.5. The summed E-state index contributed by atoms with van der Waals surface area (Å²) in [4.78, 5) is 25.4. The molecule has 3 aliphatic carbocycles. The number of hydrogen-bond acceptors (Lipinski definition) is 6. The van der Waals surface area contributed by atoms with Gasteiger partial charge in [-0.1, -0.05) is 6.92 Å². The zero-order valence-electron chi connectivity index (χ0n) is 17.9. The van der Waals surface area contributed by atoms with Crippen molar-refractivity contribution in [3.63, 3.8) is 0 Å². The lowest BCUT2D eigenvalue weighted by molar-refractivity contribution is -0.139. The molecular formula is C23H31NO6S. The summed E-state index contributed by atoms with van der Waals surface area (Å²) in [5.74, 6) is -1.78. The van der Waals surface area contributed by atoms with E-state index in [4.69, 9.17) is 0 Å². The van der Waals surface area contributed by atoms with Crippen LogP contribution >= 0.6 is 12.6 Å². The van der Waals surface area contributed by atoms with Gasteiger partial charge in [-0.05, 0) is 78.9 Å². The van der Waals surface area contributed by atoms with Crippen LogP contribution in [0, 0.1) is 17.3 Å². The van der Waals surface area contributed by atoms with Crippen molar-refractivity contribution in [2.75, 3.05) is 10.7 Å². The van der Waals surface area contributed by atoms with Gasteiger partial charge in [-0.25, -0.2) is 4.79 Å². The van der Waals surface area contributed by atoms with Crippen LogP contribution < -0.4 is 4.90 Å². The van der Waals surface area contributed by atoms with E-state index in [2.05, 4.69) is 19.6 Å². The molecular weight excluding hydrogens is 418 g/mol. The molecule has 0 spiro atoms. The molecule has 170 valence electrons. The smallest absolute Gasteiger partial charge is 0.327 e. The molecule has 0 saturated heterocycles. The topological polar surface area (TPSA) is 118 Å². The molecule has 0 aliphatic heterocycles. The Bertz CT molecular complexity index is 920. The summed E-state index contributed by atoms with van der Waals surface area (Å²) >= 11 is 4.12. The minimum atomic E-state index is -1.25. The summed E-state index contributed by atoms with van der Waals surface area (Å²) in [6.45, 7) is 3.44. The highest BCUT2D eigenvalue weighted by molar-refractivity contribution is 7.80. The van der Waals surface area contributed by atoms with Crippen LogP contribution in [0.1, 0.15) is 63.0 Å². The minimum absolute atomic E-state index is 0.0910. The summed E-state index contributed by atoms with van der Waals surface area (Å²) in [6.07, 6.45) is 4.64. The van der Waals surface area contributed by atoms with Gasteiger partial charge in [0, 0.05) is 12.7 Å². The van der Waals surface area contributed by atoms with Gasteiger partial charge in [0.05, 0.1) is 11.8 Å². The first-order valence-corrected chi connectivity index (χ1v) is 11.6. The van der Waals surface area contributed by atoms with Crippen LogP contribution in [0.5, 0.6) is 11.5 Å². The Kier molecular flexibility index (Phi) is 5.67. The maximum atomic E-state index is 12.5. The summed E-state index contributed by atoms with van der Waals surface area (Å²) < 4.78 is 0. The first-order chi connectivity index (χ1) is 14.6. The van der Waals surface area contributed by atoms with Crippen molar-refractivity contribution in [2.24, 2.45) is 17.3 Å². The fourth-order valence-electron chi connectivity index (χ4n) is 6.72. The van der Waals surface area contributed by atoms with Gasteiger partial charge in [0.1, 0.15) is 6.04 Å². The Labute approximate surface area is 187 Å². The molecule has 1 aromatic rings. The van der Waals surface area contributed by atoms with E-state index in [1.807, 2.05) is 0 Å². The number of thiol groups is 1. The van der Waals surface area contributed by atoms with Crippen molar-refractivity contribution in [2.45, 2.75) is 70.4 Å². The number of aromatic hydroxyl groups is 2. The van der Waals surface area contributed by atoms with Crippen LogP contribution in [-0.2, 0) is 16.0 Å². The molecule has 7 nitrogen and oxygen atoms in total. The lowest BCUT2D eigenvalue weighted by Crippen LogP contribution is -2.47. The fraction of sp³-hybridized carbons (Fsp3) is 0.652. The third-order valence-electron chi connectivity index (χ3n) is 8.26. The largest absolute Gasteiger partial charge is 0.504 e. The van der Waals surface area contributed by atoms with Gasteiger partial charge in [0.25, 0.3) is 0 Å². The van der Waals surface area contributed by atoms with Crippen molar-refractivity contribution in [3.8, 4) is 11.5 Å². The average molecular weight is 450 g/mol. The van der Waals surface area contributed by atoms with Crippen LogP contribution in [0.4, 0.5) is 5.69 Å². The van der Waals surface area contributed by atoms with E-state index in [0.29, 0.717) is 18.3 Å². The maximum absolute atomic E-state index is 12.5. The van der Waals surface area contributed by atoms with Gasteiger partial charge >= 0.3 is 5.97 Å². The molecule has 3 aliphatic rings. The Morgan fingerprint density at radius 3 is 2.58 bits per heavy atom. The third-order valence-corrected chi connectivity index (χ3v) is 8.60. The highest BCUT2D eigenvalue weighted by atomic mass is 32.1. The van der Waals surface area contributed by atoms with Gasteiger partial charge in [-0.2, -0.15) is 12.6 Å². The molecule has 4 rings (SSSR count). The number of aliphatic carboxylic acids is 1. The molecule has 0 bridgehead atoms. The number of phenolic OH excluding ortho intramolecular Hbond substituents is 2. The first kappa shape index (κ1) is 22.3. The normalized spacial score (nSPS) is 32.5. The second-order valence-electron chi connectivity index (χ2n) is 9.64. The van der Waals surface area contributed by atoms with Gasteiger partial charge in [0.2, 0.25) is 5.91 Å². The molecule has 0 heterocycles. The van der Waals surface area contributed by atoms with E-state index in [0.717, 1.165) is 48.1 Å². The SMILES string of the molecule is CC(=O)N(c1c(O)c(O)cc2c1CC[C@@H]1[C@@H]2CC[C@]2(C)C(O)CC[C@@H]12)[C@@H](CS)C(=O)O. The molecule has 2 saturated carbocycles. The number of carbonyl (C=O) groups is 2. The second kappa shape index (κ2) is 7.89. The van der Waals surface area contributed by atoms with Gasteiger partial charge in [0.15, 0.2) is 11.5 Å². The van der Waals surface area contributed by atoms with E-state index in [1.165, 1.54) is 6.92 Å². The number of nitrogens with zero attached hydrogens (tertiary/aromatic N) is 1. The van der Waals surface area contributed by atoms with Crippen molar-refractivity contribution in [1.29, 1.82) is 0 Å². The van der Waals surface area contributed by atoms with E-state index < -0.39 is 23.7 Å². The van der Waals surface area contributed by atoms with Crippen LogP contribution in [0.3, 0.4) is 0 Å². The highest BCUT2D eigenvalue weighted by Gasteiger charge is 2.55. The number of phenols is 2. The van der Waals surface area contributed by atoms with Gasteiger partial charge in [-0.15, -0.1) is 0 Å². The quantitative estimate of drug-likeness (QED) is 0.356. The minimum Gasteiger partial charge on any atom is -0.504 e. The standard InChI is InChI=1S/C23H31NO6S/c1-11(25)24(17(10-31)22(29)30)20-14-4-3-13-12(15(14)9-18(26)21(20)28)7-8-23(2)16(13)5-6-19(23)27/h9,12-13,16-17,19,26-28,31H,3-8,10H2,1-2H3,(H,29,30)/t12-,13+,16-,17-,19?,23-/m0/s1. The highest BCUT2D eigenvalue weighted by Crippen LogP contribution is 2.62. The number of benzene rings is 1. The van der Waals surface area contributed by atoms with Crippen molar-refractivity contribution in [3.05, 3.63) is 17.2 Å². The van der Waals surface area contributed by atoms with Crippen LogP contribution in [0.25, 0.3) is 0 Å². The lowest BCUT2D eigenvalue weighted by Gasteiger charge is -2.50. The predicted molar refractivity (Wildman–Crippen MR) is 119 cm³/mol. The van der Waals surface area contributed by atoms with Gasteiger partial charge < -0.3 is 20.4 Å². The number of hydrogen-bond donors (Lipinski definition) is 5. The Morgan fingerprint density at radius 1 is 1.26 bits per heavy atom. The summed E-state index contributed by atoms with van der Waals surface area (Å²) in [7, 11) is 0. The van der Waals surface area contributed by atoms with Gasteiger partial charge in [-0.3, -0.25) is 9.69 Å². The Balaban J connectivity index is 1.83. The molecule has 2 fully saturated rings.